The Hall–Kier alpha value is -2.24. The second kappa shape index (κ2) is 7.68. The molecular weight excluding hydrogens is 284 g/mol. The molecule has 1 N–H and O–H groups in total. The lowest BCUT2D eigenvalue weighted by Gasteiger charge is -2.26. The lowest BCUT2D eigenvalue weighted by molar-refractivity contribution is -0.135. The summed E-state index contributed by atoms with van der Waals surface area (Å²) in [6.07, 6.45) is 3.02. The number of nitrogens with zero attached hydrogens (tertiary/aromatic N) is 1. The zero-order valence-corrected chi connectivity index (χ0v) is 13.1. The van der Waals surface area contributed by atoms with Crippen LogP contribution in [0.1, 0.15) is 25.7 Å². The Bertz CT molecular complexity index is 539. The fourth-order valence-corrected chi connectivity index (χ4v) is 2.50. The highest BCUT2D eigenvalue weighted by atomic mass is 16.5. The second-order valence-electron chi connectivity index (χ2n) is 5.23. The van der Waals surface area contributed by atoms with E-state index in [-0.39, 0.29) is 18.2 Å². The molecule has 2 amide bonds. The Morgan fingerprint density at radius 3 is 2.50 bits per heavy atom. The first-order chi connectivity index (χ1) is 10.6. The molecule has 1 aromatic carbocycles. The molecule has 1 aliphatic heterocycles. The zero-order valence-electron chi connectivity index (χ0n) is 13.1. The van der Waals surface area contributed by atoms with Crippen LogP contribution in [0, 0.1) is 0 Å². The highest BCUT2D eigenvalue weighted by Gasteiger charge is 2.20. The smallest absolute Gasteiger partial charge is 0.233 e. The van der Waals surface area contributed by atoms with Gasteiger partial charge in [-0.1, -0.05) is 0 Å². The number of nitrogens with one attached hydrogen (secondary N) is 1. The van der Waals surface area contributed by atoms with E-state index in [1.165, 1.54) is 7.11 Å². The van der Waals surface area contributed by atoms with Gasteiger partial charge in [0.2, 0.25) is 11.8 Å². The maximum Gasteiger partial charge on any atom is 0.233 e. The molecule has 1 aliphatic rings. The topological polar surface area (TPSA) is 67.9 Å². The average molecular weight is 306 g/mol. The number of rotatable bonds is 5. The van der Waals surface area contributed by atoms with Crippen molar-refractivity contribution in [1.82, 2.24) is 4.90 Å². The second-order valence-corrected chi connectivity index (χ2v) is 5.23. The van der Waals surface area contributed by atoms with Crippen molar-refractivity contribution in [2.45, 2.75) is 25.7 Å². The fourth-order valence-electron chi connectivity index (χ4n) is 2.50. The molecule has 0 spiro atoms. The first-order valence-electron chi connectivity index (χ1n) is 7.43. The Balaban J connectivity index is 1.97. The number of piperidine rings is 1. The lowest BCUT2D eigenvalue weighted by Crippen LogP contribution is -2.37. The number of hydrogen-bond acceptors (Lipinski definition) is 4. The average Bonchev–Trinajstić information content (AvgIpc) is 2.55. The molecule has 0 bridgehead atoms. The Labute approximate surface area is 130 Å². The summed E-state index contributed by atoms with van der Waals surface area (Å²) in [7, 11) is 3.07. The normalized spacial score (nSPS) is 14.4. The molecule has 6 nitrogen and oxygen atoms in total. The third-order valence-corrected chi connectivity index (χ3v) is 3.70. The van der Waals surface area contributed by atoms with E-state index in [9.17, 15) is 9.59 Å². The van der Waals surface area contributed by atoms with Gasteiger partial charge in [-0.25, -0.2) is 0 Å². The van der Waals surface area contributed by atoms with Gasteiger partial charge in [-0.15, -0.1) is 0 Å². The van der Waals surface area contributed by atoms with E-state index in [0.717, 1.165) is 32.4 Å². The van der Waals surface area contributed by atoms with Crippen LogP contribution < -0.4 is 14.8 Å². The molecule has 0 aromatic heterocycles. The van der Waals surface area contributed by atoms with Crippen molar-refractivity contribution in [3.8, 4) is 11.5 Å². The third-order valence-electron chi connectivity index (χ3n) is 3.70. The quantitative estimate of drug-likeness (QED) is 0.845. The van der Waals surface area contributed by atoms with Gasteiger partial charge < -0.3 is 19.7 Å². The van der Waals surface area contributed by atoms with E-state index >= 15 is 0 Å². The Morgan fingerprint density at radius 1 is 1.14 bits per heavy atom. The molecule has 0 saturated carbocycles. The van der Waals surface area contributed by atoms with Gasteiger partial charge in [0.1, 0.15) is 17.9 Å². The van der Waals surface area contributed by atoms with Crippen LogP contribution in [0.3, 0.4) is 0 Å². The van der Waals surface area contributed by atoms with Gasteiger partial charge in [-0.3, -0.25) is 9.59 Å². The number of hydrogen-bond donors (Lipinski definition) is 1. The van der Waals surface area contributed by atoms with Crippen LogP contribution in [0.25, 0.3) is 0 Å². The predicted octanol–water partition coefficient (Wildman–Crippen LogP) is 2.04. The van der Waals surface area contributed by atoms with Crippen LogP contribution in [-0.2, 0) is 9.59 Å². The number of likely N-dealkylation sites (tertiary alicyclic amines) is 1. The maximum atomic E-state index is 12.1. The van der Waals surface area contributed by atoms with Crippen molar-refractivity contribution in [2.24, 2.45) is 0 Å². The van der Waals surface area contributed by atoms with Crippen LogP contribution in [-0.4, -0.2) is 44.0 Å². The van der Waals surface area contributed by atoms with E-state index in [4.69, 9.17) is 9.47 Å². The van der Waals surface area contributed by atoms with Crippen molar-refractivity contribution in [3.05, 3.63) is 18.2 Å². The zero-order chi connectivity index (χ0) is 15.9. The highest BCUT2D eigenvalue weighted by Crippen LogP contribution is 2.29. The molecule has 1 saturated heterocycles. The number of carbonyl (C=O) groups excluding carboxylic acids is 2. The SMILES string of the molecule is COc1ccc(OC)c(NC(=O)CC(=O)N2CCCCC2)c1. The van der Waals surface area contributed by atoms with Gasteiger partial charge in [0, 0.05) is 19.2 Å². The monoisotopic (exact) mass is 306 g/mol. The number of benzene rings is 1. The summed E-state index contributed by atoms with van der Waals surface area (Å²) in [6, 6.07) is 5.12. The van der Waals surface area contributed by atoms with Crippen molar-refractivity contribution in [2.75, 3.05) is 32.6 Å². The number of methoxy groups -OCH3 is 2. The number of carbonyl (C=O) groups is 2. The third kappa shape index (κ3) is 4.13. The molecule has 120 valence electrons. The van der Waals surface area contributed by atoms with Crippen LogP contribution in [0.5, 0.6) is 11.5 Å². The summed E-state index contributed by atoms with van der Waals surface area (Å²) < 4.78 is 10.3. The van der Waals surface area contributed by atoms with Gasteiger partial charge >= 0.3 is 0 Å². The number of ether oxygens (including phenoxy) is 2. The minimum Gasteiger partial charge on any atom is -0.497 e. The summed E-state index contributed by atoms with van der Waals surface area (Å²) in [4.78, 5) is 25.9. The largest absolute Gasteiger partial charge is 0.497 e. The summed E-state index contributed by atoms with van der Waals surface area (Å²) in [6.45, 7) is 1.49. The van der Waals surface area contributed by atoms with Gasteiger partial charge in [-0.2, -0.15) is 0 Å². The molecule has 22 heavy (non-hydrogen) atoms. The minimum absolute atomic E-state index is 0.126. The molecule has 6 heteroatoms. The highest BCUT2D eigenvalue weighted by molar-refractivity contribution is 6.04. The van der Waals surface area contributed by atoms with Crippen LogP contribution in [0.4, 0.5) is 5.69 Å². The maximum absolute atomic E-state index is 12.1. The van der Waals surface area contributed by atoms with Gasteiger partial charge in [-0.05, 0) is 31.4 Å². The van der Waals surface area contributed by atoms with Gasteiger partial charge in [0.25, 0.3) is 0 Å². The Kier molecular flexibility index (Phi) is 5.63. The van der Waals surface area contributed by atoms with Crippen molar-refractivity contribution < 1.29 is 19.1 Å². The van der Waals surface area contributed by atoms with E-state index in [1.807, 2.05) is 0 Å². The summed E-state index contributed by atoms with van der Waals surface area (Å²) >= 11 is 0. The lowest BCUT2D eigenvalue weighted by atomic mass is 10.1. The van der Waals surface area contributed by atoms with E-state index in [1.54, 1.807) is 30.2 Å². The molecule has 1 heterocycles. The van der Waals surface area contributed by atoms with Crippen molar-refractivity contribution >= 4 is 17.5 Å². The summed E-state index contributed by atoms with van der Waals surface area (Å²) in [5.74, 6) is 0.666. The van der Waals surface area contributed by atoms with Crippen LogP contribution >= 0.6 is 0 Å². The molecular formula is C16H22N2O4. The Morgan fingerprint density at radius 2 is 1.86 bits per heavy atom. The molecule has 0 unspecified atom stereocenters. The van der Waals surface area contributed by atoms with Crippen molar-refractivity contribution in [1.29, 1.82) is 0 Å². The molecule has 0 aliphatic carbocycles. The molecule has 0 atom stereocenters. The molecule has 1 aromatic rings. The van der Waals surface area contributed by atoms with Gasteiger partial charge in [0.15, 0.2) is 0 Å². The first-order valence-corrected chi connectivity index (χ1v) is 7.43. The van der Waals surface area contributed by atoms with Crippen molar-refractivity contribution in [3.63, 3.8) is 0 Å². The summed E-state index contributed by atoms with van der Waals surface area (Å²) in [5, 5.41) is 2.71. The van der Waals surface area contributed by atoms with Crippen LogP contribution in [0.2, 0.25) is 0 Å². The summed E-state index contributed by atoms with van der Waals surface area (Å²) in [5.41, 5.74) is 0.498. The van der Waals surface area contributed by atoms with E-state index in [2.05, 4.69) is 5.32 Å². The number of amides is 2. The first kappa shape index (κ1) is 16.1. The predicted molar refractivity (Wildman–Crippen MR) is 83.2 cm³/mol. The molecule has 0 radical (unpaired) electrons. The van der Waals surface area contributed by atoms with E-state index < -0.39 is 0 Å². The fraction of sp³-hybridized carbons (Fsp3) is 0.500. The van der Waals surface area contributed by atoms with Crippen LogP contribution in [0.15, 0.2) is 18.2 Å². The molecule has 2 rings (SSSR count). The standard InChI is InChI=1S/C16H22N2O4/c1-21-12-6-7-14(22-2)13(10-12)17-15(19)11-16(20)18-8-4-3-5-9-18/h6-7,10H,3-5,8-9,11H2,1-2H3,(H,17,19). The van der Waals surface area contributed by atoms with Gasteiger partial charge in [0.05, 0.1) is 19.9 Å². The number of anilines is 1. The van der Waals surface area contributed by atoms with E-state index in [0.29, 0.717) is 17.2 Å². The molecule has 1 fully saturated rings. The minimum atomic E-state index is -0.345.